The highest BCUT2D eigenvalue weighted by Gasteiger charge is 2.39. The van der Waals surface area contributed by atoms with Gasteiger partial charge in [-0.2, -0.15) is 0 Å². The van der Waals surface area contributed by atoms with Gasteiger partial charge in [-0.05, 0) is 25.1 Å². The summed E-state index contributed by atoms with van der Waals surface area (Å²) >= 11 is 0. The van der Waals surface area contributed by atoms with Gasteiger partial charge in [0.05, 0.1) is 6.10 Å². The van der Waals surface area contributed by atoms with Crippen LogP contribution in [0.25, 0.3) is 0 Å². The molecule has 2 atom stereocenters. The molecule has 0 fully saturated rings. The average Bonchev–Trinajstić information content (AvgIpc) is 2.00. The molecule has 0 heterocycles. The van der Waals surface area contributed by atoms with Gasteiger partial charge in [0.15, 0.2) is 8.32 Å². The van der Waals surface area contributed by atoms with Crippen LogP contribution in [0.2, 0.25) is 18.1 Å². The van der Waals surface area contributed by atoms with Crippen molar-refractivity contribution in [2.45, 2.75) is 51.9 Å². The van der Waals surface area contributed by atoms with Crippen molar-refractivity contribution in [3.8, 4) is 0 Å². The van der Waals surface area contributed by atoms with Gasteiger partial charge in [0.1, 0.15) is 0 Å². The fourth-order valence-electron chi connectivity index (χ4n) is 1.20. The molecule has 2 N–H and O–H groups in total. The molecule has 0 bridgehead atoms. The van der Waals surface area contributed by atoms with Crippen LogP contribution in [0.4, 0.5) is 0 Å². The molecular weight excluding hydrogens is 222 g/mol. The quantitative estimate of drug-likeness (QED) is 0.725. The van der Waals surface area contributed by atoms with Crippen molar-refractivity contribution >= 4 is 14.3 Å². The smallest absolute Gasteiger partial charge is 0.192 e. The number of nitrogens with two attached hydrogens (primary N) is 1. The van der Waals surface area contributed by atoms with E-state index < -0.39 is 26.3 Å². The van der Waals surface area contributed by atoms with Gasteiger partial charge in [0.2, 0.25) is 0 Å². The minimum absolute atomic E-state index is 0.0537. The van der Waals surface area contributed by atoms with E-state index in [0.29, 0.717) is 0 Å². The number of rotatable bonds is 5. The van der Waals surface area contributed by atoms with E-state index in [1.807, 2.05) is 0 Å². The zero-order valence-electron chi connectivity index (χ0n) is 11.2. The Bertz CT molecular complexity index is 248. The molecule has 0 aromatic heterocycles. The molecule has 0 radical (unpaired) electrons. The van der Waals surface area contributed by atoms with Crippen LogP contribution in [0, 0.1) is 5.92 Å². The number of carbonyl (C=O) groups is 1. The molecule has 0 rings (SSSR count). The van der Waals surface area contributed by atoms with Gasteiger partial charge >= 0.3 is 0 Å². The number of carboxylic acid groups (broad SMARTS) is 1. The van der Waals surface area contributed by atoms with Crippen molar-refractivity contribution in [3.05, 3.63) is 0 Å². The lowest BCUT2D eigenvalue weighted by molar-refractivity contribution is -0.313. The molecule has 0 unspecified atom stereocenters. The molecule has 5 heteroatoms. The van der Waals surface area contributed by atoms with Gasteiger partial charge in [0.25, 0.3) is 0 Å². The van der Waals surface area contributed by atoms with Crippen molar-refractivity contribution in [1.29, 1.82) is 0 Å². The van der Waals surface area contributed by atoms with Crippen molar-refractivity contribution in [1.82, 2.24) is 0 Å². The second-order valence-corrected chi connectivity index (χ2v) is 10.5. The third kappa shape index (κ3) is 3.88. The molecule has 0 saturated heterocycles. The minimum atomic E-state index is -1.94. The molecule has 0 amide bonds. The third-order valence-corrected chi connectivity index (χ3v) is 7.98. The van der Waals surface area contributed by atoms with E-state index in [1.165, 1.54) is 0 Å². The SMILES string of the molecule is C[C@@H](O[Si](C)(C)C(C)(C)C)[C@H](CN)C(=O)[O-]. The number of aliphatic carboxylic acids is 1. The Kier molecular flexibility index (Phi) is 5.16. The highest BCUT2D eigenvalue weighted by atomic mass is 28.4. The Labute approximate surface area is 99.3 Å². The van der Waals surface area contributed by atoms with Crippen LogP contribution in [-0.4, -0.2) is 26.9 Å². The van der Waals surface area contributed by atoms with Crippen LogP contribution in [0.3, 0.4) is 0 Å². The first-order valence-electron chi connectivity index (χ1n) is 5.61. The summed E-state index contributed by atoms with van der Waals surface area (Å²) in [5.41, 5.74) is 5.42. The second kappa shape index (κ2) is 5.29. The molecule has 0 aromatic rings. The Morgan fingerprint density at radius 3 is 2.12 bits per heavy atom. The minimum Gasteiger partial charge on any atom is -0.550 e. The van der Waals surface area contributed by atoms with Crippen molar-refractivity contribution in [2.75, 3.05) is 6.54 Å². The molecular formula is C11H24NO3Si-. The maximum absolute atomic E-state index is 10.9. The molecule has 0 aliphatic heterocycles. The van der Waals surface area contributed by atoms with Crippen molar-refractivity contribution in [2.24, 2.45) is 11.7 Å². The largest absolute Gasteiger partial charge is 0.550 e. The third-order valence-electron chi connectivity index (χ3n) is 3.41. The Hall–Kier alpha value is -0.393. The number of hydrogen-bond acceptors (Lipinski definition) is 4. The molecule has 0 aliphatic carbocycles. The topological polar surface area (TPSA) is 75.4 Å². The Balaban J connectivity index is 4.67. The molecule has 0 aromatic carbocycles. The van der Waals surface area contributed by atoms with Crippen LogP contribution in [-0.2, 0) is 9.22 Å². The van der Waals surface area contributed by atoms with Crippen LogP contribution in [0.5, 0.6) is 0 Å². The standard InChI is InChI=1S/C11H25NO3Si/c1-8(9(7-12)10(13)14)15-16(5,6)11(2,3)4/h8-9H,7,12H2,1-6H3,(H,13,14)/p-1/t8-,9+/m1/s1. The van der Waals surface area contributed by atoms with E-state index in [2.05, 4.69) is 33.9 Å². The van der Waals surface area contributed by atoms with E-state index in [1.54, 1.807) is 6.92 Å². The number of carbonyl (C=O) groups excluding carboxylic acids is 1. The summed E-state index contributed by atoms with van der Waals surface area (Å²) in [7, 11) is -1.94. The zero-order chi connectivity index (χ0) is 13.1. The van der Waals surface area contributed by atoms with Crippen molar-refractivity contribution < 1.29 is 14.3 Å². The van der Waals surface area contributed by atoms with Crippen molar-refractivity contribution in [3.63, 3.8) is 0 Å². The number of carboxylic acids is 1. The van der Waals surface area contributed by atoms with E-state index in [0.717, 1.165) is 0 Å². The fourth-order valence-corrected chi connectivity index (χ4v) is 2.65. The van der Waals surface area contributed by atoms with Crippen LogP contribution in [0.15, 0.2) is 0 Å². The first kappa shape index (κ1) is 15.6. The second-order valence-electron chi connectivity index (χ2n) is 5.74. The van der Waals surface area contributed by atoms with Gasteiger partial charge in [-0.3, -0.25) is 0 Å². The molecule has 0 spiro atoms. The average molecular weight is 246 g/mol. The molecule has 96 valence electrons. The van der Waals surface area contributed by atoms with Crippen LogP contribution in [0.1, 0.15) is 27.7 Å². The summed E-state index contributed by atoms with van der Waals surface area (Å²) in [6.07, 6.45) is -0.393. The lowest BCUT2D eigenvalue weighted by atomic mass is 10.1. The van der Waals surface area contributed by atoms with Crippen LogP contribution < -0.4 is 10.8 Å². The highest BCUT2D eigenvalue weighted by Crippen LogP contribution is 2.37. The summed E-state index contributed by atoms with van der Waals surface area (Å²) < 4.78 is 5.95. The summed E-state index contributed by atoms with van der Waals surface area (Å²) in [6, 6.07) is 0. The predicted octanol–water partition coefficient (Wildman–Crippen LogP) is 0.722. The summed E-state index contributed by atoms with van der Waals surface area (Å²) in [4.78, 5) is 10.9. The van der Waals surface area contributed by atoms with Gasteiger partial charge < -0.3 is 20.1 Å². The molecule has 4 nitrogen and oxygen atoms in total. The van der Waals surface area contributed by atoms with E-state index in [4.69, 9.17) is 10.2 Å². The maximum atomic E-state index is 10.9. The molecule has 0 aliphatic rings. The predicted molar refractivity (Wildman–Crippen MR) is 65.3 cm³/mol. The van der Waals surface area contributed by atoms with Gasteiger partial charge in [-0.1, -0.05) is 20.8 Å². The van der Waals surface area contributed by atoms with Gasteiger partial charge in [0, 0.05) is 18.4 Å². The summed E-state index contributed by atoms with van der Waals surface area (Å²) in [6.45, 7) is 12.3. The Morgan fingerprint density at radius 1 is 1.44 bits per heavy atom. The van der Waals surface area contributed by atoms with E-state index >= 15 is 0 Å². The summed E-state index contributed by atoms with van der Waals surface area (Å²) in [5, 5.41) is 10.9. The number of hydrogen-bond donors (Lipinski definition) is 1. The van der Waals surface area contributed by atoms with Gasteiger partial charge in [-0.25, -0.2) is 0 Å². The Morgan fingerprint density at radius 2 is 1.88 bits per heavy atom. The first-order chi connectivity index (χ1) is 7.03. The van der Waals surface area contributed by atoms with Gasteiger partial charge in [-0.15, -0.1) is 0 Å². The fraction of sp³-hybridized carbons (Fsp3) is 0.909. The normalized spacial score (nSPS) is 16.9. The zero-order valence-corrected chi connectivity index (χ0v) is 12.2. The van der Waals surface area contributed by atoms with Crippen LogP contribution >= 0.6 is 0 Å². The summed E-state index contributed by atoms with van der Waals surface area (Å²) in [5.74, 6) is -1.86. The monoisotopic (exact) mass is 246 g/mol. The lowest BCUT2D eigenvalue weighted by Gasteiger charge is -2.40. The molecule has 16 heavy (non-hydrogen) atoms. The maximum Gasteiger partial charge on any atom is 0.192 e. The first-order valence-corrected chi connectivity index (χ1v) is 8.52. The van der Waals surface area contributed by atoms with E-state index in [-0.39, 0.29) is 11.6 Å². The molecule has 0 saturated carbocycles. The highest BCUT2D eigenvalue weighted by molar-refractivity contribution is 6.74. The van der Waals surface area contributed by atoms with E-state index in [9.17, 15) is 9.90 Å². The lowest BCUT2D eigenvalue weighted by Crippen LogP contribution is -2.50.